The largest absolute Gasteiger partial charge is 0.443 e. The van der Waals surface area contributed by atoms with Crippen molar-refractivity contribution in [2.75, 3.05) is 5.32 Å². The number of nitrogens with zero attached hydrogens (tertiary/aromatic N) is 2. The zero-order chi connectivity index (χ0) is 20.1. The fourth-order valence-corrected chi connectivity index (χ4v) is 3.68. The van der Waals surface area contributed by atoms with Crippen LogP contribution in [0.2, 0.25) is 0 Å². The number of amides is 1. The molecule has 2 aliphatic rings. The Balaban J connectivity index is 1.80. The molecule has 0 bridgehead atoms. The van der Waals surface area contributed by atoms with Gasteiger partial charge in [0, 0.05) is 5.56 Å². The number of ether oxygens (including phenoxy) is 2. The van der Waals surface area contributed by atoms with Gasteiger partial charge in [0.15, 0.2) is 0 Å². The molecule has 0 unspecified atom stereocenters. The van der Waals surface area contributed by atoms with Crippen LogP contribution in [0.3, 0.4) is 0 Å². The maximum Gasteiger partial charge on any atom is 0.420 e. The standard InChI is InChI=1S/C21H21N3O4/c1-20(2,3)28-19(26)24-14(12-22)6-8-17(24)13-5-7-16-15(11-13)21(9-4-10-21)27-18(25)23-16/h5-8,11H,4,9-10H2,1-3H3,(H,23,25). The summed E-state index contributed by atoms with van der Waals surface area (Å²) < 4.78 is 12.4. The van der Waals surface area contributed by atoms with Crippen molar-refractivity contribution in [1.29, 1.82) is 5.26 Å². The number of rotatable bonds is 1. The molecule has 144 valence electrons. The summed E-state index contributed by atoms with van der Waals surface area (Å²) in [6.45, 7) is 5.33. The lowest BCUT2D eigenvalue weighted by Gasteiger charge is -2.45. The van der Waals surface area contributed by atoms with Crippen LogP contribution in [0, 0.1) is 11.3 Å². The third-order valence-corrected chi connectivity index (χ3v) is 5.06. The molecule has 2 heterocycles. The Hall–Kier alpha value is -3.27. The van der Waals surface area contributed by atoms with Gasteiger partial charge in [-0.3, -0.25) is 5.32 Å². The predicted octanol–water partition coefficient (Wildman–Crippen LogP) is 4.75. The van der Waals surface area contributed by atoms with Crippen molar-refractivity contribution in [3.63, 3.8) is 0 Å². The van der Waals surface area contributed by atoms with Crippen LogP contribution in [0.5, 0.6) is 0 Å². The van der Waals surface area contributed by atoms with Crippen molar-refractivity contribution in [2.45, 2.75) is 51.2 Å². The molecule has 28 heavy (non-hydrogen) atoms. The molecule has 1 fully saturated rings. The molecule has 1 N–H and O–H groups in total. The molecular formula is C21H21N3O4. The summed E-state index contributed by atoms with van der Waals surface area (Å²) in [5.74, 6) is 0. The van der Waals surface area contributed by atoms with Crippen molar-refractivity contribution in [3.8, 4) is 17.3 Å². The third-order valence-electron chi connectivity index (χ3n) is 5.06. The van der Waals surface area contributed by atoms with E-state index in [-0.39, 0.29) is 5.69 Å². The second-order valence-electron chi connectivity index (χ2n) is 8.15. The van der Waals surface area contributed by atoms with Gasteiger partial charge in [-0.1, -0.05) is 6.07 Å². The van der Waals surface area contributed by atoms with Gasteiger partial charge in [0.05, 0.1) is 11.4 Å². The van der Waals surface area contributed by atoms with Crippen LogP contribution in [0.25, 0.3) is 11.3 Å². The van der Waals surface area contributed by atoms with Crippen LogP contribution in [0.15, 0.2) is 30.3 Å². The van der Waals surface area contributed by atoms with E-state index in [1.165, 1.54) is 4.57 Å². The third kappa shape index (κ3) is 2.91. The van der Waals surface area contributed by atoms with Gasteiger partial charge < -0.3 is 9.47 Å². The van der Waals surface area contributed by atoms with E-state index in [1.54, 1.807) is 32.9 Å². The summed E-state index contributed by atoms with van der Waals surface area (Å²) in [4.78, 5) is 24.6. The lowest BCUT2D eigenvalue weighted by atomic mass is 9.73. The average Bonchev–Trinajstić information content (AvgIpc) is 3.02. The Kier molecular flexibility index (Phi) is 3.96. The second kappa shape index (κ2) is 6.13. The van der Waals surface area contributed by atoms with Gasteiger partial charge in [-0.2, -0.15) is 5.26 Å². The van der Waals surface area contributed by atoms with Gasteiger partial charge in [0.2, 0.25) is 0 Å². The highest BCUT2D eigenvalue weighted by Gasteiger charge is 2.47. The van der Waals surface area contributed by atoms with Crippen LogP contribution in [0.1, 0.15) is 51.3 Å². The number of carbonyl (C=O) groups is 2. The number of anilines is 1. The first-order valence-electron chi connectivity index (χ1n) is 9.22. The van der Waals surface area contributed by atoms with Crippen molar-refractivity contribution in [2.24, 2.45) is 0 Å². The summed E-state index contributed by atoms with van der Waals surface area (Å²) in [5, 5.41) is 12.2. The molecule has 1 aliphatic carbocycles. The van der Waals surface area contributed by atoms with Gasteiger partial charge in [-0.05, 0) is 69.9 Å². The molecule has 1 aliphatic heterocycles. The molecule has 0 saturated heterocycles. The van der Waals surface area contributed by atoms with Gasteiger partial charge >= 0.3 is 12.2 Å². The second-order valence-corrected chi connectivity index (χ2v) is 8.15. The smallest absolute Gasteiger partial charge is 0.420 e. The molecule has 1 spiro atoms. The number of hydrogen-bond donors (Lipinski definition) is 1. The first-order chi connectivity index (χ1) is 13.2. The number of nitrogens with one attached hydrogen (secondary N) is 1. The zero-order valence-electron chi connectivity index (χ0n) is 16.0. The fourth-order valence-electron chi connectivity index (χ4n) is 3.68. The molecule has 1 amide bonds. The molecular weight excluding hydrogens is 358 g/mol. The van der Waals surface area contributed by atoms with E-state index in [9.17, 15) is 14.9 Å². The molecule has 0 atom stereocenters. The first-order valence-corrected chi connectivity index (χ1v) is 9.22. The summed E-state index contributed by atoms with van der Waals surface area (Å²) in [6, 6.07) is 10.9. The molecule has 1 aromatic carbocycles. The zero-order valence-corrected chi connectivity index (χ0v) is 16.0. The van der Waals surface area contributed by atoms with Crippen LogP contribution in [0.4, 0.5) is 15.3 Å². The Morgan fingerprint density at radius 1 is 1.29 bits per heavy atom. The minimum absolute atomic E-state index is 0.199. The number of benzene rings is 1. The average molecular weight is 379 g/mol. The quantitative estimate of drug-likeness (QED) is 0.771. The van der Waals surface area contributed by atoms with E-state index in [0.29, 0.717) is 5.69 Å². The van der Waals surface area contributed by atoms with E-state index < -0.39 is 23.4 Å². The highest BCUT2D eigenvalue weighted by atomic mass is 16.6. The first kappa shape index (κ1) is 18.1. The van der Waals surface area contributed by atoms with Crippen molar-refractivity contribution in [1.82, 2.24) is 4.57 Å². The number of hydrogen-bond acceptors (Lipinski definition) is 5. The lowest BCUT2D eigenvalue weighted by Crippen LogP contribution is -2.44. The predicted molar refractivity (Wildman–Crippen MR) is 102 cm³/mol. The van der Waals surface area contributed by atoms with E-state index in [1.807, 2.05) is 24.3 Å². The topological polar surface area (TPSA) is 93.3 Å². The molecule has 2 aromatic rings. The van der Waals surface area contributed by atoms with E-state index >= 15 is 0 Å². The minimum atomic E-state index is -0.685. The lowest BCUT2D eigenvalue weighted by molar-refractivity contribution is -0.0503. The van der Waals surface area contributed by atoms with E-state index in [0.717, 1.165) is 36.1 Å². The Labute approximate surface area is 162 Å². The van der Waals surface area contributed by atoms with Gasteiger partial charge in [-0.25, -0.2) is 14.2 Å². The van der Waals surface area contributed by atoms with Crippen LogP contribution in [-0.2, 0) is 15.1 Å². The summed E-state index contributed by atoms with van der Waals surface area (Å²) in [6.07, 6.45) is 1.48. The summed E-state index contributed by atoms with van der Waals surface area (Å²) >= 11 is 0. The number of aromatic nitrogens is 1. The molecule has 7 heteroatoms. The normalized spacial score (nSPS) is 17.0. The maximum absolute atomic E-state index is 12.7. The molecule has 1 aromatic heterocycles. The van der Waals surface area contributed by atoms with Crippen LogP contribution in [-0.4, -0.2) is 22.4 Å². The van der Waals surface area contributed by atoms with Crippen molar-refractivity contribution in [3.05, 3.63) is 41.6 Å². The molecule has 0 radical (unpaired) electrons. The minimum Gasteiger partial charge on any atom is -0.443 e. The fraction of sp³-hybridized carbons (Fsp3) is 0.381. The van der Waals surface area contributed by atoms with Gasteiger partial charge in [-0.15, -0.1) is 0 Å². The number of nitriles is 1. The van der Waals surface area contributed by atoms with E-state index in [2.05, 4.69) is 5.32 Å². The van der Waals surface area contributed by atoms with Crippen molar-refractivity contribution >= 4 is 17.9 Å². The monoisotopic (exact) mass is 379 g/mol. The Bertz CT molecular complexity index is 1020. The Morgan fingerprint density at radius 2 is 2.04 bits per heavy atom. The molecule has 1 saturated carbocycles. The SMILES string of the molecule is CC(C)(C)OC(=O)n1c(C#N)ccc1-c1ccc2c(c1)C1(CCC1)OC(=O)N2. The highest BCUT2D eigenvalue weighted by Crippen LogP contribution is 2.50. The van der Waals surface area contributed by atoms with Gasteiger partial charge in [0.25, 0.3) is 0 Å². The van der Waals surface area contributed by atoms with E-state index in [4.69, 9.17) is 9.47 Å². The maximum atomic E-state index is 12.7. The number of fused-ring (bicyclic) bond motifs is 2. The highest BCUT2D eigenvalue weighted by molar-refractivity contribution is 5.90. The number of carbonyl (C=O) groups excluding carboxylic acids is 2. The van der Waals surface area contributed by atoms with Crippen LogP contribution < -0.4 is 5.32 Å². The Morgan fingerprint density at radius 3 is 2.64 bits per heavy atom. The summed E-state index contributed by atoms with van der Waals surface area (Å²) in [5.41, 5.74) is 1.83. The molecule has 4 rings (SSSR count). The van der Waals surface area contributed by atoms with Gasteiger partial charge in [0.1, 0.15) is 23.0 Å². The summed E-state index contributed by atoms with van der Waals surface area (Å²) in [7, 11) is 0. The molecule has 7 nitrogen and oxygen atoms in total. The van der Waals surface area contributed by atoms with Crippen molar-refractivity contribution < 1.29 is 19.1 Å². The van der Waals surface area contributed by atoms with Crippen LogP contribution >= 0.6 is 0 Å².